The summed E-state index contributed by atoms with van der Waals surface area (Å²) in [7, 11) is 2.99. The van der Waals surface area contributed by atoms with Crippen LogP contribution >= 0.6 is 0 Å². The highest BCUT2D eigenvalue weighted by molar-refractivity contribution is 6.06. The Hall–Kier alpha value is -2.89. The maximum atomic E-state index is 12.4. The number of anilines is 1. The van der Waals surface area contributed by atoms with Gasteiger partial charge in [-0.3, -0.25) is 9.59 Å². The number of carbonyl (C=O) groups is 3. The average molecular weight is 314 g/mol. The Balaban J connectivity index is 2.30. The van der Waals surface area contributed by atoms with Gasteiger partial charge in [-0.05, 0) is 37.6 Å². The molecular formula is C17H18N2O4. The number of aromatic nitrogens is 1. The minimum absolute atomic E-state index is 0.108. The predicted molar refractivity (Wildman–Crippen MR) is 85.9 cm³/mol. The molecule has 0 fully saturated rings. The van der Waals surface area contributed by atoms with E-state index in [1.807, 2.05) is 6.92 Å². The molecule has 6 heteroatoms. The summed E-state index contributed by atoms with van der Waals surface area (Å²) in [5.74, 6) is -0.938. The van der Waals surface area contributed by atoms with Crippen molar-refractivity contribution in [3.8, 4) is 0 Å². The molecule has 0 saturated heterocycles. The number of aryl methyl sites for hydroxylation is 2. The lowest BCUT2D eigenvalue weighted by Crippen LogP contribution is -2.16. The van der Waals surface area contributed by atoms with Gasteiger partial charge in [0.05, 0.1) is 12.7 Å². The Bertz CT molecular complexity index is 790. The van der Waals surface area contributed by atoms with Gasteiger partial charge in [0.25, 0.3) is 5.91 Å². The minimum Gasteiger partial charge on any atom is -0.465 e. The van der Waals surface area contributed by atoms with Gasteiger partial charge in [-0.1, -0.05) is 6.07 Å². The lowest BCUT2D eigenvalue weighted by atomic mass is 10.1. The van der Waals surface area contributed by atoms with Crippen molar-refractivity contribution in [3.05, 3.63) is 52.8 Å². The number of nitrogens with one attached hydrogen (secondary N) is 1. The van der Waals surface area contributed by atoms with Crippen LogP contribution in [0.1, 0.15) is 43.7 Å². The van der Waals surface area contributed by atoms with Gasteiger partial charge in [0.1, 0.15) is 5.69 Å². The predicted octanol–water partition coefficient (Wildman–Crippen LogP) is 2.58. The molecule has 1 heterocycles. The van der Waals surface area contributed by atoms with Crippen molar-refractivity contribution >= 4 is 23.3 Å². The summed E-state index contributed by atoms with van der Waals surface area (Å²) >= 11 is 0. The van der Waals surface area contributed by atoms with Crippen LogP contribution in [0.4, 0.5) is 5.69 Å². The summed E-state index contributed by atoms with van der Waals surface area (Å²) in [4.78, 5) is 35.4. The van der Waals surface area contributed by atoms with E-state index in [0.29, 0.717) is 22.5 Å². The van der Waals surface area contributed by atoms with Gasteiger partial charge < -0.3 is 14.6 Å². The molecule has 0 atom stereocenters. The average Bonchev–Trinajstić information content (AvgIpc) is 2.91. The van der Waals surface area contributed by atoms with Crippen LogP contribution in [0.15, 0.2) is 30.5 Å². The molecule has 1 amide bonds. The highest BCUT2D eigenvalue weighted by atomic mass is 16.5. The number of methoxy groups -OCH3 is 1. The molecule has 1 aromatic carbocycles. The fraction of sp³-hybridized carbons (Fsp3) is 0.235. The second-order valence-corrected chi connectivity index (χ2v) is 5.26. The van der Waals surface area contributed by atoms with E-state index in [2.05, 4.69) is 10.1 Å². The number of benzene rings is 1. The van der Waals surface area contributed by atoms with E-state index in [4.69, 9.17) is 0 Å². The van der Waals surface area contributed by atoms with Crippen LogP contribution in [0.25, 0.3) is 0 Å². The summed E-state index contributed by atoms with van der Waals surface area (Å²) in [6, 6.07) is 6.46. The number of ketones is 1. The van der Waals surface area contributed by atoms with Crippen LogP contribution in [0.2, 0.25) is 0 Å². The molecule has 0 radical (unpaired) electrons. The molecule has 1 N–H and O–H groups in total. The van der Waals surface area contributed by atoms with E-state index < -0.39 is 5.97 Å². The zero-order chi connectivity index (χ0) is 17.1. The van der Waals surface area contributed by atoms with Crippen molar-refractivity contribution in [2.24, 2.45) is 7.05 Å². The van der Waals surface area contributed by atoms with Crippen LogP contribution < -0.4 is 5.32 Å². The molecule has 0 aliphatic rings. The largest absolute Gasteiger partial charge is 0.465 e. The number of amides is 1. The SMILES string of the molecule is COC(=O)c1ccc(C)c(NC(=O)c2cc(C(C)=O)cn2C)c1. The van der Waals surface area contributed by atoms with Gasteiger partial charge in [0, 0.05) is 24.5 Å². The van der Waals surface area contributed by atoms with Gasteiger partial charge in [-0.2, -0.15) is 0 Å². The van der Waals surface area contributed by atoms with E-state index in [1.165, 1.54) is 20.1 Å². The standard InChI is InChI=1S/C17H18N2O4/c1-10-5-6-12(17(22)23-4)7-14(10)18-16(21)15-8-13(11(2)20)9-19(15)3/h5-9H,1-4H3,(H,18,21). The fourth-order valence-electron chi connectivity index (χ4n) is 2.17. The number of esters is 1. The molecule has 0 bridgehead atoms. The number of rotatable bonds is 4. The van der Waals surface area contributed by atoms with Crippen molar-refractivity contribution in [2.75, 3.05) is 12.4 Å². The van der Waals surface area contributed by atoms with Gasteiger partial charge in [0.15, 0.2) is 5.78 Å². The van der Waals surface area contributed by atoms with Crippen molar-refractivity contribution in [1.29, 1.82) is 0 Å². The monoisotopic (exact) mass is 314 g/mol. The maximum Gasteiger partial charge on any atom is 0.337 e. The molecule has 0 unspecified atom stereocenters. The second-order valence-electron chi connectivity index (χ2n) is 5.26. The number of hydrogen-bond donors (Lipinski definition) is 1. The number of carbonyl (C=O) groups excluding carboxylic acids is 3. The Labute approximate surface area is 134 Å². The molecule has 2 rings (SSSR count). The highest BCUT2D eigenvalue weighted by Gasteiger charge is 2.16. The molecule has 2 aromatic rings. The van der Waals surface area contributed by atoms with E-state index in [0.717, 1.165) is 5.56 Å². The molecule has 23 heavy (non-hydrogen) atoms. The smallest absolute Gasteiger partial charge is 0.337 e. The zero-order valence-electron chi connectivity index (χ0n) is 13.5. The normalized spacial score (nSPS) is 10.3. The van der Waals surface area contributed by atoms with E-state index in [1.54, 1.807) is 36.0 Å². The van der Waals surface area contributed by atoms with E-state index >= 15 is 0 Å². The topological polar surface area (TPSA) is 77.4 Å². The number of ether oxygens (including phenoxy) is 1. The molecule has 0 aliphatic carbocycles. The van der Waals surface area contributed by atoms with Gasteiger partial charge in [-0.15, -0.1) is 0 Å². The summed E-state index contributed by atoms with van der Waals surface area (Å²) in [5, 5.41) is 2.76. The molecule has 0 aliphatic heterocycles. The summed E-state index contributed by atoms with van der Waals surface area (Å²) in [5.41, 5.74) is 2.51. The van der Waals surface area contributed by atoms with Gasteiger partial charge in [-0.25, -0.2) is 4.79 Å². The first-order chi connectivity index (χ1) is 10.8. The highest BCUT2D eigenvalue weighted by Crippen LogP contribution is 2.19. The first kappa shape index (κ1) is 16.5. The molecule has 6 nitrogen and oxygen atoms in total. The summed E-state index contributed by atoms with van der Waals surface area (Å²) < 4.78 is 6.27. The Morgan fingerprint density at radius 2 is 1.83 bits per heavy atom. The minimum atomic E-state index is -0.474. The molecule has 120 valence electrons. The van der Waals surface area contributed by atoms with Crippen LogP contribution in [0, 0.1) is 6.92 Å². The maximum absolute atomic E-state index is 12.4. The Morgan fingerprint density at radius 1 is 1.13 bits per heavy atom. The third kappa shape index (κ3) is 3.48. The van der Waals surface area contributed by atoms with Crippen LogP contribution in [-0.4, -0.2) is 29.3 Å². The number of hydrogen-bond acceptors (Lipinski definition) is 4. The third-order valence-corrected chi connectivity index (χ3v) is 3.55. The van der Waals surface area contributed by atoms with Crippen LogP contribution in [0.3, 0.4) is 0 Å². The van der Waals surface area contributed by atoms with E-state index in [9.17, 15) is 14.4 Å². The lowest BCUT2D eigenvalue weighted by Gasteiger charge is -2.10. The van der Waals surface area contributed by atoms with Crippen LogP contribution in [0.5, 0.6) is 0 Å². The number of Topliss-reactive ketones (excluding diaryl/α,β-unsaturated/α-hetero) is 1. The van der Waals surface area contributed by atoms with Gasteiger partial charge in [0.2, 0.25) is 0 Å². The first-order valence-electron chi connectivity index (χ1n) is 7.01. The molecular weight excluding hydrogens is 296 g/mol. The zero-order valence-corrected chi connectivity index (χ0v) is 13.5. The fourth-order valence-corrected chi connectivity index (χ4v) is 2.17. The molecule has 0 spiro atoms. The van der Waals surface area contributed by atoms with Gasteiger partial charge >= 0.3 is 5.97 Å². The summed E-state index contributed by atoms with van der Waals surface area (Å²) in [6.45, 7) is 3.27. The summed E-state index contributed by atoms with van der Waals surface area (Å²) in [6.07, 6.45) is 1.61. The van der Waals surface area contributed by atoms with Crippen molar-refractivity contribution in [2.45, 2.75) is 13.8 Å². The van der Waals surface area contributed by atoms with E-state index in [-0.39, 0.29) is 11.7 Å². The quantitative estimate of drug-likeness (QED) is 0.695. The Morgan fingerprint density at radius 3 is 2.39 bits per heavy atom. The second kappa shape index (κ2) is 6.48. The van der Waals surface area contributed by atoms with Crippen molar-refractivity contribution < 1.29 is 19.1 Å². The Kier molecular flexibility index (Phi) is 4.64. The van der Waals surface area contributed by atoms with Crippen molar-refractivity contribution in [3.63, 3.8) is 0 Å². The lowest BCUT2D eigenvalue weighted by molar-refractivity contribution is 0.0600. The molecule has 1 aromatic heterocycles. The number of nitrogens with zero attached hydrogens (tertiary/aromatic N) is 1. The first-order valence-corrected chi connectivity index (χ1v) is 7.01. The molecule has 0 saturated carbocycles. The third-order valence-electron chi connectivity index (χ3n) is 3.55. The van der Waals surface area contributed by atoms with Crippen LogP contribution in [-0.2, 0) is 11.8 Å². The van der Waals surface area contributed by atoms with Crippen molar-refractivity contribution in [1.82, 2.24) is 4.57 Å².